The lowest BCUT2D eigenvalue weighted by Crippen LogP contribution is -2.34. The summed E-state index contributed by atoms with van der Waals surface area (Å²) in [5.74, 6) is -0.455. The SMILES string of the molecule is CCOC(=O)C1=C(C)N=C2SC=CN2[C@H]1c1ccc(OCC(=O)Nc2ccccc2Cl)c(Cl)c1. The van der Waals surface area contributed by atoms with Crippen LogP contribution in [0.15, 0.2) is 70.3 Å². The maximum absolute atomic E-state index is 12.8. The Balaban J connectivity index is 1.53. The predicted molar refractivity (Wildman–Crippen MR) is 135 cm³/mol. The lowest BCUT2D eigenvalue weighted by molar-refractivity contribution is -0.139. The highest BCUT2D eigenvalue weighted by atomic mass is 35.5. The number of hydrogen-bond donors (Lipinski definition) is 1. The fourth-order valence-electron chi connectivity index (χ4n) is 3.59. The number of ether oxygens (including phenoxy) is 2. The molecule has 1 amide bonds. The van der Waals surface area contributed by atoms with Crippen LogP contribution in [0.2, 0.25) is 10.0 Å². The number of carbonyl (C=O) groups is 2. The van der Waals surface area contributed by atoms with Crippen molar-refractivity contribution in [3.05, 3.63) is 81.0 Å². The normalized spacial score (nSPS) is 16.8. The highest BCUT2D eigenvalue weighted by Crippen LogP contribution is 2.42. The third-order valence-corrected chi connectivity index (χ3v) is 6.49. The van der Waals surface area contributed by atoms with Gasteiger partial charge in [0.2, 0.25) is 0 Å². The minimum Gasteiger partial charge on any atom is -0.482 e. The number of halogens is 2. The van der Waals surface area contributed by atoms with E-state index in [2.05, 4.69) is 10.3 Å². The Bertz CT molecular complexity index is 1230. The van der Waals surface area contributed by atoms with Crippen LogP contribution in [0.25, 0.3) is 0 Å². The Kier molecular flexibility index (Phi) is 7.50. The molecule has 1 N–H and O–H groups in total. The zero-order valence-electron chi connectivity index (χ0n) is 18.4. The van der Waals surface area contributed by atoms with Gasteiger partial charge in [-0.15, -0.1) is 0 Å². The molecule has 2 aromatic carbocycles. The second-order valence-corrected chi connectivity index (χ2v) is 9.02. The minimum atomic E-state index is -0.451. The summed E-state index contributed by atoms with van der Waals surface area (Å²) in [7, 11) is 0. The zero-order valence-corrected chi connectivity index (χ0v) is 20.7. The van der Waals surface area contributed by atoms with Crippen molar-refractivity contribution in [1.82, 2.24) is 4.90 Å². The number of aliphatic imine (C=N–C) groups is 1. The number of rotatable bonds is 7. The van der Waals surface area contributed by atoms with Gasteiger partial charge in [0.05, 0.1) is 39.7 Å². The molecule has 2 aromatic rings. The Morgan fingerprint density at radius 3 is 2.71 bits per heavy atom. The standard InChI is InChI=1S/C24H21Cl2N3O4S/c1-3-32-23(31)21-14(2)27-24-29(10-11-34-24)22(21)15-8-9-19(17(26)12-15)33-13-20(30)28-18-7-5-4-6-16(18)25/h4-12,22H,3,13H2,1-2H3,(H,28,30)/t22-/m0/s1. The van der Waals surface area contributed by atoms with Crippen molar-refractivity contribution in [2.45, 2.75) is 19.9 Å². The number of allylic oxidation sites excluding steroid dienone is 1. The number of amidine groups is 1. The molecule has 2 heterocycles. The van der Waals surface area contributed by atoms with E-state index < -0.39 is 12.0 Å². The van der Waals surface area contributed by atoms with Gasteiger partial charge in [-0.25, -0.2) is 9.79 Å². The second kappa shape index (κ2) is 10.5. The molecule has 0 radical (unpaired) electrons. The van der Waals surface area contributed by atoms with E-state index in [1.165, 1.54) is 11.8 Å². The molecule has 0 spiro atoms. The lowest BCUT2D eigenvalue weighted by atomic mass is 9.95. The van der Waals surface area contributed by atoms with Gasteiger partial charge in [0.1, 0.15) is 5.75 Å². The number of amides is 1. The van der Waals surface area contributed by atoms with Crippen LogP contribution in [0.1, 0.15) is 25.5 Å². The molecule has 0 unspecified atom stereocenters. The van der Waals surface area contributed by atoms with Gasteiger partial charge in [-0.1, -0.05) is 53.2 Å². The summed E-state index contributed by atoms with van der Waals surface area (Å²) in [6.07, 6.45) is 1.87. The number of para-hydroxylation sites is 1. The summed E-state index contributed by atoms with van der Waals surface area (Å²) in [4.78, 5) is 31.5. The molecular formula is C24H21Cl2N3O4S. The topological polar surface area (TPSA) is 80.2 Å². The number of hydrogen-bond acceptors (Lipinski definition) is 7. The van der Waals surface area contributed by atoms with Crippen LogP contribution in [0.4, 0.5) is 5.69 Å². The van der Waals surface area contributed by atoms with Gasteiger partial charge in [-0.05, 0) is 49.1 Å². The molecular weight excluding hydrogens is 497 g/mol. The van der Waals surface area contributed by atoms with Crippen molar-refractivity contribution in [1.29, 1.82) is 0 Å². The summed E-state index contributed by atoms with van der Waals surface area (Å²) in [6.45, 7) is 3.56. The van der Waals surface area contributed by atoms with Crippen LogP contribution in [-0.2, 0) is 14.3 Å². The largest absolute Gasteiger partial charge is 0.482 e. The number of fused-ring (bicyclic) bond motifs is 1. The Hall–Kier alpha value is -2.94. The first-order valence-corrected chi connectivity index (χ1v) is 12.1. The Morgan fingerprint density at radius 2 is 1.97 bits per heavy atom. The van der Waals surface area contributed by atoms with Crippen LogP contribution in [-0.4, -0.2) is 35.2 Å². The molecule has 4 rings (SSSR count). The molecule has 10 heteroatoms. The molecule has 0 bridgehead atoms. The Labute approximate surface area is 211 Å². The molecule has 0 saturated carbocycles. The van der Waals surface area contributed by atoms with Crippen LogP contribution < -0.4 is 10.1 Å². The second-order valence-electron chi connectivity index (χ2n) is 7.33. The number of esters is 1. The lowest BCUT2D eigenvalue weighted by Gasteiger charge is -2.33. The minimum absolute atomic E-state index is 0.247. The van der Waals surface area contributed by atoms with Gasteiger partial charge >= 0.3 is 5.97 Å². The molecule has 0 aliphatic carbocycles. The smallest absolute Gasteiger partial charge is 0.338 e. The van der Waals surface area contributed by atoms with E-state index in [0.29, 0.717) is 32.8 Å². The maximum Gasteiger partial charge on any atom is 0.338 e. The highest BCUT2D eigenvalue weighted by Gasteiger charge is 2.37. The van der Waals surface area contributed by atoms with E-state index in [1.807, 2.05) is 22.6 Å². The van der Waals surface area contributed by atoms with E-state index in [-0.39, 0.29) is 19.1 Å². The van der Waals surface area contributed by atoms with Crippen molar-refractivity contribution >= 4 is 57.7 Å². The average Bonchev–Trinajstić information content (AvgIpc) is 3.27. The monoisotopic (exact) mass is 517 g/mol. The summed E-state index contributed by atoms with van der Waals surface area (Å²) in [5.41, 5.74) is 2.30. The maximum atomic E-state index is 12.8. The number of benzene rings is 2. The van der Waals surface area contributed by atoms with Gasteiger partial charge in [0, 0.05) is 6.20 Å². The third kappa shape index (κ3) is 5.09. The average molecular weight is 518 g/mol. The van der Waals surface area contributed by atoms with Gasteiger partial charge in [-0.3, -0.25) is 4.79 Å². The van der Waals surface area contributed by atoms with E-state index in [9.17, 15) is 9.59 Å². The summed E-state index contributed by atoms with van der Waals surface area (Å²) >= 11 is 14.0. The van der Waals surface area contributed by atoms with Crippen LogP contribution in [0.3, 0.4) is 0 Å². The molecule has 0 fully saturated rings. The van der Waals surface area contributed by atoms with Crippen LogP contribution in [0.5, 0.6) is 5.75 Å². The molecule has 2 aliphatic heterocycles. The first kappa shape index (κ1) is 24.2. The van der Waals surface area contributed by atoms with E-state index >= 15 is 0 Å². The quantitative estimate of drug-likeness (QED) is 0.469. The molecule has 0 aromatic heterocycles. The van der Waals surface area contributed by atoms with Crippen molar-refractivity contribution < 1.29 is 19.1 Å². The highest BCUT2D eigenvalue weighted by molar-refractivity contribution is 8.16. The zero-order chi connectivity index (χ0) is 24.2. The van der Waals surface area contributed by atoms with Gasteiger partial charge in [-0.2, -0.15) is 0 Å². The van der Waals surface area contributed by atoms with Gasteiger partial charge < -0.3 is 19.7 Å². The molecule has 7 nitrogen and oxygen atoms in total. The molecule has 2 aliphatic rings. The number of carbonyl (C=O) groups excluding carboxylic acids is 2. The van der Waals surface area contributed by atoms with Crippen molar-refractivity contribution in [2.75, 3.05) is 18.5 Å². The van der Waals surface area contributed by atoms with Gasteiger partial charge in [0.15, 0.2) is 11.8 Å². The predicted octanol–water partition coefficient (Wildman–Crippen LogP) is 5.78. The molecule has 1 atom stereocenters. The summed E-state index contributed by atoms with van der Waals surface area (Å²) in [5, 5.41) is 6.11. The number of nitrogens with zero attached hydrogens (tertiary/aromatic N) is 2. The van der Waals surface area contributed by atoms with E-state index in [4.69, 9.17) is 32.7 Å². The van der Waals surface area contributed by atoms with Crippen molar-refractivity contribution in [3.63, 3.8) is 0 Å². The first-order chi connectivity index (χ1) is 16.4. The molecule has 176 valence electrons. The number of thioether (sulfide) groups is 1. The van der Waals surface area contributed by atoms with E-state index in [0.717, 1.165) is 10.7 Å². The third-order valence-electron chi connectivity index (χ3n) is 5.09. The fourth-order valence-corrected chi connectivity index (χ4v) is 4.81. The van der Waals surface area contributed by atoms with Crippen molar-refractivity contribution in [3.8, 4) is 5.75 Å². The molecule has 0 saturated heterocycles. The van der Waals surface area contributed by atoms with Crippen LogP contribution >= 0.6 is 35.0 Å². The number of nitrogens with one attached hydrogen (secondary N) is 1. The van der Waals surface area contributed by atoms with Gasteiger partial charge in [0.25, 0.3) is 5.91 Å². The summed E-state index contributed by atoms with van der Waals surface area (Å²) < 4.78 is 10.9. The Morgan fingerprint density at radius 1 is 1.18 bits per heavy atom. The van der Waals surface area contributed by atoms with Crippen molar-refractivity contribution in [2.24, 2.45) is 4.99 Å². The number of anilines is 1. The van der Waals surface area contributed by atoms with Crippen LogP contribution in [0, 0.1) is 0 Å². The summed E-state index contributed by atoms with van der Waals surface area (Å²) in [6, 6.07) is 11.7. The van der Waals surface area contributed by atoms with E-state index in [1.54, 1.807) is 50.2 Å². The molecule has 34 heavy (non-hydrogen) atoms. The fraction of sp³-hybridized carbons (Fsp3) is 0.208. The first-order valence-electron chi connectivity index (χ1n) is 10.4.